The van der Waals surface area contributed by atoms with Gasteiger partial charge >= 0.3 is 0 Å². The van der Waals surface area contributed by atoms with E-state index in [1.54, 1.807) is 12.1 Å². The SMILES string of the molecule is CCOc1ccc2c(c1)[C@H]1CC(c3ccccc3)=NN1[C@H](c1ccccc1F)O2. The van der Waals surface area contributed by atoms with Crippen LogP contribution in [0.4, 0.5) is 4.39 Å². The Morgan fingerprint density at radius 3 is 2.62 bits per heavy atom. The number of hydrogen-bond donors (Lipinski definition) is 0. The van der Waals surface area contributed by atoms with E-state index in [2.05, 4.69) is 0 Å². The molecule has 2 heterocycles. The molecule has 0 unspecified atom stereocenters. The molecule has 0 N–H and O–H groups in total. The maximum absolute atomic E-state index is 14.6. The fourth-order valence-corrected chi connectivity index (χ4v) is 4.01. The van der Waals surface area contributed by atoms with Gasteiger partial charge in [0, 0.05) is 12.0 Å². The van der Waals surface area contributed by atoms with Gasteiger partial charge in [0.2, 0.25) is 6.23 Å². The van der Waals surface area contributed by atoms with E-state index in [0.717, 1.165) is 34.8 Å². The molecule has 4 nitrogen and oxygen atoms in total. The molecular formula is C24H21FN2O2. The molecule has 0 saturated heterocycles. The third-order valence-corrected chi connectivity index (χ3v) is 5.35. The van der Waals surface area contributed by atoms with Crippen molar-refractivity contribution in [3.63, 3.8) is 0 Å². The molecule has 0 saturated carbocycles. The summed E-state index contributed by atoms with van der Waals surface area (Å²) in [7, 11) is 0. The van der Waals surface area contributed by atoms with E-state index in [1.165, 1.54) is 6.07 Å². The highest BCUT2D eigenvalue weighted by Gasteiger charge is 2.42. The van der Waals surface area contributed by atoms with Crippen LogP contribution in [-0.4, -0.2) is 17.3 Å². The Kier molecular flexibility index (Phi) is 4.43. The van der Waals surface area contributed by atoms with Crippen LogP contribution in [-0.2, 0) is 0 Å². The van der Waals surface area contributed by atoms with Crippen molar-refractivity contribution in [1.29, 1.82) is 0 Å². The molecule has 0 amide bonds. The van der Waals surface area contributed by atoms with Crippen LogP contribution in [0.5, 0.6) is 11.5 Å². The van der Waals surface area contributed by atoms with E-state index in [0.29, 0.717) is 12.2 Å². The maximum Gasteiger partial charge on any atom is 0.216 e. The number of nitrogens with zero attached hydrogens (tertiary/aromatic N) is 2. The van der Waals surface area contributed by atoms with Crippen LogP contribution in [0.2, 0.25) is 0 Å². The average molecular weight is 388 g/mol. The van der Waals surface area contributed by atoms with Crippen LogP contribution in [0.3, 0.4) is 0 Å². The van der Waals surface area contributed by atoms with Crippen LogP contribution >= 0.6 is 0 Å². The second kappa shape index (κ2) is 7.24. The summed E-state index contributed by atoms with van der Waals surface area (Å²) in [6.07, 6.45) is 0.105. The van der Waals surface area contributed by atoms with Gasteiger partial charge in [-0.25, -0.2) is 9.40 Å². The highest BCUT2D eigenvalue weighted by Crippen LogP contribution is 2.48. The molecule has 0 aliphatic carbocycles. The predicted octanol–water partition coefficient (Wildman–Crippen LogP) is 5.47. The number of hydrogen-bond acceptors (Lipinski definition) is 4. The molecule has 0 radical (unpaired) electrons. The van der Waals surface area contributed by atoms with E-state index in [4.69, 9.17) is 14.6 Å². The standard InChI is InChI=1S/C24H21FN2O2/c1-2-28-17-12-13-23-19(14-17)22-15-21(16-8-4-3-5-9-16)26-27(22)24(29-23)18-10-6-7-11-20(18)25/h3-14,22,24H,2,15H2,1H3/t22-,24+/m1/s1. The molecule has 0 spiro atoms. The normalized spacial score (nSPS) is 19.8. The van der Waals surface area contributed by atoms with Gasteiger partial charge in [0.15, 0.2) is 0 Å². The van der Waals surface area contributed by atoms with E-state index in [9.17, 15) is 4.39 Å². The van der Waals surface area contributed by atoms with Crippen molar-refractivity contribution >= 4 is 5.71 Å². The smallest absolute Gasteiger partial charge is 0.216 e. The minimum absolute atomic E-state index is 0.0426. The lowest BCUT2D eigenvalue weighted by atomic mass is 9.95. The van der Waals surface area contributed by atoms with Crippen LogP contribution in [0.15, 0.2) is 77.9 Å². The van der Waals surface area contributed by atoms with Gasteiger partial charge in [-0.05, 0) is 36.8 Å². The molecule has 146 valence electrons. The molecular weight excluding hydrogens is 367 g/mol. The van der Waals surface area contributed by atoms with Crippen molar-refractivity contribution in [1.82, 2.24) is 5.01 Å². The molecule has 3 aromatic rings. The summed E-state index contributed by atoms with van der Waals surface area (Å²) in [6, 6.07) is 22.6. The molecule has 2 atom stereocenters. The Balaban J connectivity index is 1.61. The Morgan fingerprint density at radius 1 is 1.03 bits per heavy atom. The third-order valence-electron chi connectivity index (χ3n) is 5.35. The lowest BCUT2D eigenvalue weighted by molar-refractivity contribution is -0.0213. The Hall–Kier alpha value is -3.34. The lowest BCUT2D eigenvalue weighted by Gasteiger charge is -2.38. The van der Waals surface area contributed by atoms with Crippen molar-refractivity contribution in [3.8, 4) is 11.5 Å². The molecule has 5 rings (SSSR count). The second-order valence-electron chi connectivity index (χ2n) is 7.14. The van der Waals surface area contributed by atoms with Gasteiger partial charge in [0.1, 0.15) is 17.3 Å². The summed E-state index contributed by atoms with van der Waals surface area (Å²) < 4.78 is 26.6. The minimum atomic E-state index is -0.618. The van der Waals surface area contributed by atoms with Crippen molar-refractivity contribution in [2.24, 2.45) is 5.10 Å². The topological polar surface area (TPSA) is 34.1 Å². The largest absolute Gasteiger partial charge is 0.494 e. The first-order chi connectivity index (χ1) is 14.2. The zero-order valence-corrected chi connectivity index (χ0v) is 16.1. The summed E-state index contributed by atoms with van der Waals surface area (Å²) in [5.41, 5.74) is 3.53. The zero-order chi connectivity index (χ0) is 19.8. The molecule has 2 aliphatic heterocycles. The molecule has 2 aliphatic rings. The Labute approximate surface area is 169 Å². The molecule has 3 aromatic carbocycles. The zero-order valence-electron chi connectivity index (χ0n) is 16.1. The first kappa shape index (κ1) is 17.7. The monoisotopic (exact) mass is 388 g/mol. The lowest BCUT2D eigenvalue weighted by Crippen LogP contribution is -2.34. The van der Waals surface area contributed by atoms with E-state index in [1.807, 2.05) is 66.5 Å². The second-order valence-corrected chi connectivity index (χ2v) is 7.14. The summed E-state index contributed by atoms with van der Waals surface area (Å²) in [6.45, 7) is 2.56. The van der Waals surface area contributed by atoms with Crippen LogP contribution in [0.25, 0.3) is 0 Å². The van der Waals surface area contributed by atoms with Crippen molar-refractivity contribution < 1.29 is 13.9 Å². The van der Waals surface area contributed by atoms with Crippen molar-refractivity contribution in [2.75, 3.05) is 6.61 Å². The predicted molar refractivity (Wildman–Crippen MR) is 110 cm³/mol. The Bertz CT molecular complexity index is 1070. The molecule has 0 fully saturated rings. The minimum Gasteiger partial charge on any atom is -0.494 e. The Morgan fingerprint density at radius 2 is 1.83 bits per heavy atom. The number of fused-ring (bicyclic) bond motifs is 3. The average Bonchev–Trinajstić information content (AvgIpc) is 3.21. The van der Waals surface area contributed by atoms with Gasteiger partial charge in [0.05, 0.1) is 23.9 Å². The van der Waals surface area contributed by atoms with Crippen LogP contribution in [0, 0.1) is 5.82 Å². The summed E-state index contributed by atoms with van der Waals surface area (Å²) in [5.74, 6) is 1.24. The highest BCUT2D eigenvalue weighted by molar-refractivity contribution is 6.01. The number of benzene rings is 3. The first-order valence-electron chi connectivity index (χ1n) is 9.83. The summed E-state index contributed by atoms with van der Waals surface area (Å²) in [5, 5.41) is 6.76. The maximum atomic E-state index is 14.6. The number of ether oxygens (including phenoxy) is 2. The van der Waals surface area contributed by atoms with Crippen molar-refractivity contribution in [3.05, 3.63) is 95.3 Å². The van der Waals surface area contributed by atoms with Gasteiger partial charge in [-0.3, -0.25) is 0 Å². The third kappa shape index (κ3) is 3.12. The fourth-order valence-electron chi connectivity index (χ4n) is 4.01. The van der Waals surface area contributed by atoms with Gasteiger partial charge in [-0.15, -0.1) is 0 Å². The van der Waals surface area contributed by atoms with Crippen molar-refractivity contribution in [2.45, 2.75) is 25.6 Å². The molecule has 29 heavy (non-hydrogen) atoms. The first-order valence-corrected chi connectivity index (χ1v) is 9.83. The highest BCUT2D eigenvalue weighted by atomic mass is 19.1. The summed E-state index contributed by atoms with van der Waals surface area (Å²) in [4.78, 5) is 0. The number of hydrazone groups is 1. The van der Waals surface area contributed by atoms with Gasteiger partial charge in [-0.2, -0.15) is 5.10 Å². The van der Waals surface area contributed by atoms with E-state index in [-0.39, 0.29) is 11.9 Å². The van der Waals surface area contributed by atoms with E-state index < -0.39 is 6.23 Å². The fraction of sp³-hybridized carbons (Fsp3) is 0.208. The number of rotatable bonds is 4. The molecule has 0 aromatic heterocycles. The van der Waals surface area contributed by atoms with Gasteiger partial charge in [-0.1, -0.05) is 48.5 Å². The van der Waals surface area contributed by atoms with Gasteiger partial charge < -0.3 is 9.47 Å². The molecule has 5 heteroatoms. The molecule has 0 bridgehead atoms. The summed E-state index contributed by atoms with van der Waals surface area (Å²) >= 11 is 0. The number of halogens is 1. The van der Waals surface area contributed by atoms with Crippen LogP contribution in [0.1, 0.15) is 42.3 Å². The van der Waals surface area contributed by atoms with Gasteiger partial charge in [0.25, 0.3) is 0 Å². The van der Waals surface area contributed by atoms with Crippen LogP contribution < -0.4 is 9.47 Å². The van der Waals surface area contributed by atoms with E-state index >= 15 is 0 Å². The quantitative estimate of drug-likeness (QED) is 0.595.